The lowest BCUT2D eigenvalue weighted by Crippen LogP contribution is -2.12. The molecule has 1 amide bonds. The van der Waals surface area contributed by atoms with Crippen molar-refractivity contribution in [2.45, 2.75) is 6.92 Å². The molecule has 0 spiro atoms. The normalized spacial score (nSPS) is 10.2. The first-order valence-electron chi connectivity index (χ1n) is 5.24. The number of aromatic nitrogens is 1. The van der Waals surface area contributed by atoms with E-state index in [1.165, 1.54) is 12.3 Å². The maximum absolute atomic E-state index is 13.4. The number of anilines is 1. The van der Waals surface area contributed by atoms with Crippen molar-refractivity contribution in [2.24, 2.45) is 0 Å². The first kappa shape index (κ1) is 12.7. The highest BCUT2D eigenvalue weighted by Gasteiger charge is 2.15. The average Bonchev–Trinajstić information content (AvgIpc) is 2.75. The number of halogens is 1. The molecule has 1 aromatic carbocycles. The number of benzene rings is 1. The van der Waals surface area contributed by atoms with E-state index in [0.29, 0.717) is 5.76 Å². The third-order valence-corrected chi connectivity index (χ3v) is 2.45. The van der Waals surface area contributed by atoms with Gasteiger partial charge in [-0.3, -0.25) is 4.79 Å². The van der Waals surface area contributed by atoms with Gasteiger partial charge in [0.25, 0.3) is 5.91 Å². The van der Waals surface area contributed by atoms with Crippen LogP contribution < -0.4 is 5.32 Å². The van der Waals surface area contributed by atoms with E-state index >= 15 is 0 Å². The number of hydrogen-bond acceptors (Lipinski definition) is 4. The monoisotopic (exact) mass is 264 g/mol. The number of aryl methyl sites for hydroxylation is 1. The number of carbonyl (C=O) groups is 2. The van der Waals surface area contributed by atoms with Crippen molar-refractivity contribution in [3.8, 4) is 0 Å². The van der Waals surface area contributed by atoms with E-state index in [1.807, 2.05) is 0 Å². The van der Waals surface area contributed by atoms with Gasteiger partial charge in [0.15, 0.2) is 0 Å². The summed E-state index contributed by atoms with van der Waals surface area (Å²) in [5, 5.41) is 14.5. The molecule has 1 heterocycles. The molecule has 0 aliphatic rings. The summed E-state index contributed by atoms with van der Waals surface area (Å²) in [5.41, 5.74) is -0.0880. The smallest absolute Gasteiger partial charge is 0.338 e. The number of carbonyl (C=O) groups excluding carboxylic acids is 1. The molecule has 0 saturated heterocycles. The zero-order valence-electron chi connectivity index (χ0n) is 9.81. The Bertz CT molecular complexity index is 651. The average molecular weight is 264 g/mol. The highest BCUT2D eigenvalue weighted by atomic mass is 19.1. The van der Waals surface area contributed by atoms with Crippen LogP contribution in [0.2, 0.25) is 0 Å². The van der Waals surface area contributed by atoms with Crippen molar-refractivity contribution in [2.75, 3.05) is 5.32 Å². The largest absolute Gasteiger partial charge is 0.478 e. The van der Waals surface area contributed by atoms with Crippen LogP contribution >= 0.6 is 0 Å². The highest BCUT2D eigenvalue weighted by molar-refractivity contribution is 6.04. The molecule has 0 aliphatic heterocycles. The fourth-order valence-corrected chi connectivity index (χ4v) is 1.48. The minimum absolute atomic E-state index is 0.146. The molecule has 0 radical (unpaired) electrons. The van der Waals surface area contributed by atoms with Gasteiger partial charge in [0.05, 0.1) is 11.8 Å². The molecule has 2 aromatic rings. The first-order valence-corrected chi connectivity index (χ1v) is 5.24. The molecule has 0 aliphatic carbocycles. The molecule has 1 aromatic heterocycles. The number of hydrogen-bond donors (Lipinski definition) is 2. The second-order valence-electron chi connectivity index (χ2n) is 3.75. The summed E-state index contributed by atoms with van der Waals surface area (Å²) in [6, 6.07) is 3.31. The minimum atomic E-state index is -1.37. The Labute approximate surface area is 106 Å². The van der Waals surface area contributed by atoms with Crippen LogP contribution in [0.5, 0.6) is 0 Å². The predicted molar refractivity (Wildman–Crippen MR) is 62.6 cm³/mol. The van der Waals surface area contributed by atoms with Gasteiger partial charge in [-0.1, -0.05) is 5.16 Å². The number of nitrogens with one attached hydrogen (secondary N) is 1. The Hall–Kier alpha value is -2.70. The summed E-state index contributed by atoms with van der Waals surface area (Å²) in [4.78, 5) is 22.4. The third-order valence-electron chi connectivity index (χ3n) is 2.45. The Kier molecular flexibility index (Phi) is 3.28. The molecule has 0 fully saturated rings. The van der Waals surface area contributed by atoms with Crippen molar-refractivity contribution in [1.82, 2.24) is 5.16 Å². The van der Waals surface area contributed by atoms with E-state index in [-0.39, 0.29) is 11.3 Å². The van der Waals surface area contributed by atoms with E-state index < -0.39 is 23.3 Å². The van der Waals surface area contributed by atoms with Crippen LogP contribution in [-0.2, 0) is 0 Å². The van der Waals surface area contributed by atoms with Crippen molar-refractivity contribution < 1.29 is 23.6 Å². The van der Waals surface area contributed by atoms with Gasteiger partial charge in [-0.05, 0) is 25.1 Å². The number of amides is 1. The molecule has 0 saturated carbocycles. The molecule has 0 unspecified atom stereocenters. The van der Waals surface area contributed by atoms with E-state index in [9.17, 15) is 14.0 Å². The van der Waals surface area contributed by atoms with Gasteiger partial charge in [0.1, 0.15) is 17.1 Å². The molecule has 7 heteroatoms. The summed E-state index contributed by atoms with van der Waals surface area (Å²) in [5.74, 6) is -2.47. The lowest BCUT2D eigenvalue weighted by atomic mass is 10.2. The van der Waals surface area contributed by atoms with Crippen LogP contribution in [0.15, 0.2) is 28.9 Å². The number of aromatic carboxylic acids is 1. The fraction of sp³-hybridized carbons (Fsp3) is 0.0833. The van der Waals surface area contributed by atoms with E-state index in [2.05, 4.69) is 10.5 Å². The molecule has 6 nitrogen and oxygen atoms in total. The van der Waals surface area contributed by atoms with Gasteiger partial charge in [0.2, 0.25) is 0 Å². The van der Waals surface area contributed by atoms with Crippen LogP contribution in [0.3, 0.4) is 0 Å². The summed E-state index contributed by atoms with van der Waals surface area (Å²) in [6.07, 6.45) is 1.24. The second kappa shape index (κ2) is 4.89. The summed E-state index contributed by atoms with van der Waals surface area (Å²) < 4.78 is 18.1. The van der Waals surface area contributed by atoms with Crippen molar-refractivity contribution >= 4 is 17.6 Å². The van der Waals surface area contributed by atoms with Gasteiger partial charge < -0.3 is 14.9 Å². The third kappa shape index (κ3) is 2.59. The van der Waals surface area contributed by atoms with Crippen LogP contribution in [0.1, 0.15) is 26.5 Å². The minimum Gasteiger partial charge on any atom is -0.478 e. The molecule has 2 N–H and O–H groups in total. The standard InChI is InChI=1S/C12H9FN2O4/c1-6-9(5-14-19-6)11(16)15-7-2-3-8(12(17)18)10(13)4-7/h2-5H,1H3,(H,15,16)(H,17,18). The van der Waals surface area contributed by atoms with E-state index in [4.69, 9.17) is 9.63 Å². The van der Waals surface area contributed by atoms with Crippen LogP contribution in [-0.4, -0.2) is 22.1 Å². The quantitative estimate of drug-likeness (QED) is 0.885. The van der Waals surface area contributed by atoms with Crippen LogP contribution in [0.4, 0.5) is 10.1 Å². The molecular weight excluding hydrogens is 255 g/mol. The number of rotatable bonds is 3. The molecular formula is C12H9FN2O4. The molecule has 2 rings (SSSR count). The summed E-state index contributed by atoms with van der Waals surface area (Å²) in [6.45, 7) is 1.57. The lowest BCUT2D eigenvalue weighted by Gasteiger charge is -2.05. The van der Waals surface area contributed by atoms with Crippen LogP contribution in [0.25, 0.3) is 0 Å². The fourth-order valence-electron chi connectivity index (χ4n) is 1.48. The highest BCUT2D eigenvalue weighted by Crippen LogP contribution is 2.16. The number of carboxylic acids is 1. The zero-order chi connectivity index (χ0) is 14.0. The number of carboxylic acid groups (broad SMARTS) is 1. The van der Waals surface area contributed by atoms with E-state index in [1.54, 1.807) is 6.92 Å². The van der Waals surface area contributed by atoms with Gasteiger partial charge in [-0.2, -0.15) is 0 Å². The van der Waals surface area contributed by atoms with Crippen molar-refractivity contribution in [3.63, 3.8) is 0 Å². The Morgan fingerprint density at radius 3 is 2.63 bits per heavy atom. The van der Waals surface area contributed by atoms with Crippen molar-refractivity contribution in [3.05, 3.63) is 47.1 Å². The van der Waals surface area contributed by atoms with Gasteiger partial charge >= 0.3 is 5.97 Å². The van der Waals surface area contributed by atoms with E-state index in [0.717, 1.165) is 12.1 Å². The van der Waals surface area contributed by atoms with Gasteiger partial charge in [0, 0.05) is 5.69 Å². The Morgan fingerprint density at radius 2 is 2.11 bits per heavy atom. The molecule has 19 heavy (non-hydrogen) atoms. The second-order valence-corrected chi connectivity index (χ2v) is 3.75. The summed E-state index contributed by atoms with van der Waals surface area (Å²) in [7, 11) is 0. The first-order chi connectivity index (χ1) is 8.99. The zero-order valence-corrected chi connectivity index (χ0v) is 9.81. The summed E-state index contributed by atoms with van der Waals surface area (Å²) >= 11 is 0. The lowest BCUT2D eigenvalue weighted by molar-refractivity contribution is 0.0692. The van der Waals surface area contributed by atoms with Gasteiger partial charge in [-0.25, -0.2) is 9.18 Å². The van der Waals surface area contributed by atoms with Crippen molar-refractivity contribution in [1.29, 1.82) is 0 Å². The maximum Gasteiger partial charge on any atom is 0.338 e. The Balaban J connectivity index is 2.21. The number of nitrogens with zero attached hydrogens (tertiary/aromatic N) is 1. The topological polar surface area (TPSA) is 92.4 Å². The van der Waals surface area contributed by atoms with Crippen LogP contribution in [0, 0.1) is 12.7 Å². The Morgan fingerprint density at radius 1 is 1.37 bits per heavy atom. The SMILES string of the molecule is Cc1oncc1C(=O)Nc1ccc(C(=O)O)c(F)c1. The molecule has 0 atom stereocenters. The molecule has 0 bridgehead atoms. The predicted octanol–water partition coefficient (Wildman–Crippen LogP) is 2.07. The maximum atomic E-state index is 13.4. The molecule has 98 valence electrons. The van der Waals surface area contributed by atoms with Gasteiger partial charge in [-0.15, -0.1) is 0 Å².